The van der Waals surface area contributed by atoms with Crippen molar-refractivity contribution < 1.29 is 4.79 Å². The molecule has 0 radical (unpaired) electrons. The van der Waals surface area contributed by atoms with Crippen LogP contribution in [-0.4, -0.2) is 10.8 Å². The summed E-state index contributed by atoms with van der Waals surface area (Å²) in [5, 5.41) is 0. The predicted molar refractivity (Wildman–Crippen MR) is 66.6 cm³/mol. The lowest BCUT2D eigenvalue weighted by Gasteiger charge is -2.10. The summed E-state index contributed by atoms with van der Waals surface area (Å²) < 4.78 is 0. The van der Waals surface area contributed by atoms with Gasteiger partial charge in [-0.15, -0.1) is 0 Å². The second-order valence-electron chi connectivity index (χ2n) is 4.41. The number of nitrogens with zero attached hydrogens (tertiary/aromatic N) is 1. The van der Waals surface area contributed by atoms with E-state index in [-0.39, 0.29) is 5.78 Å². The van der Waals surface area contributed by atoms with Crippen molar-refractivity contribution in [3.8, 4) is 0 Å². The van der Waals surface area contributed by atoms with Gasteiger partial charge in [-0.3, -0.25) is 9.78 Å². The molecule has 1 aromatic rings. The lowest BCUT2D eigenvalue weighted by Crippen LogP contribution is -2.08. The van der Waals surface area contributed by atoms with Crippen LogP contribution in [0.1, 0.15) is 56.0 Å². The standard InChI is InChI=1S/C14H21NO/c1-4-6-11(3)9-14(16)13-7-8-15-10-12(13)5-2/h7-8,10-11H,4-6,9H2,1-3H3. The second kappa shape index (κ2) is 6.41. The molecule has 2 nitrogen and oxygen atoms in total. The number of Topliss-reactive ketones (excluding diaryl/α,β-unsaturated/α-hetero) is 1. The monoisotopic (exact) mass is 219 g/mol. The number of hydrogen-bond donors (Lipinski definition) is 0. The molecule has 2 heteroatoms. The molecule has 16 heavy (non-hydrogen) atoms. The molecular formula is C14H21NO. The Morgan fingerprint density at radius 3 is 2.81 bits per heavy atom. The molecular weight excluding hydrogens is 198 g/mol. The van der Waals surface area contributed by atoms with Crippen LogP contribution >= 0.6 is 0 Å². The molecule has 0 N–H and O–H groups in total. The molecule has 0 amide bonds. The van der Waals surface area contributed by atoms with E-state index in [1.165, 1.54) is 0 Å². The first kappa shape index (κ1) is 12.9. The fraction of sp³-hybridized carbons (Fsp3) is 0.571. The number of rotatable bonds is 6. The Balaban J connectivity index is 2.72. The molecule has 0 spiro atoms. The van der Waals surface area contributed by atoms with Gasteiger partial charge in [0, 0.05) is 24.4 Å². The maximum absolute atomic E-state index is 12.1. The highest BCUT2D eigenvalue weighted by molar-refractivity contribution is 5.97. The minimum absolute atomic E-state index is 0.264. The van der Waals surface area contributed by atoms with Gasteiger partial charge in [-0.05, 0) is 24.0 Å². The van der Waals surface area contributed by atoms with Crippen LogP contribution in [0.15, 0.2) is 18.5 Å². The van der Waals surface area contributed by atoms with Gasteiger partial charge in [0.25, 0.3) is 0 Å². The first-order valence-corrected chi connectivity index (χ1v) is 6.15. The van der Waals surface area contributed by atoms with E-state index in [4.69, 9.17) is 0 Å². The molecule has 0 aliphatic heterocycles. The van der Waals surface area contributed by atoms with Gasteiger partial charge in [-0.1, -0.05) is 33.6 Å². The van der Waals surface area contributed by atoms with Gasteiger partial charge in [-0.2, -0.15) is 0 Å². The first-order chi connectivity index (χ1) is 7.69. The average molecular weight is 219 g/mol. The summed E-state index contributed by atoms with van der Waals surface area (Å²) in [6.07, 6.45) is 7.31. The van der Waals surface area contributed by atoms with Crippen LogP contribution < -0.4 is 0 Å². The van der Waals surface area contributed by atoms with E-state index >= 15 is 0 Å². The zero-order chi connectivity index (χ0) is 12.0. The van der Waals surface area contributed by atoms with Crippen LogP contribution in [-0.2, 0) is 6.42 Å². The lowest BCUT2D eigenvalue weighted by atomic mass is 9.94. The number of carbonyl (C=O) groups is 1. The van der Waals surface area contributed by atoms with Crippen molar-refractivity contribution in [1.29, 1.82) is 0 Å². The smallest absolute Gasteiger partial charge is 0.163 e. The Labute approximate surface area is 98.1 Å². The van der Waals surface area contributed by atoms with Crippen LogP contribution in [0.4, 0.5) is 0 Å². The van der Waals surface area contributed by atoms with Crippen molar-refractivity contribution in [2.75, 3.05) is 0 Å². The minimum Gasteiger partial charge on any atom is -0.294 e. The summed E-state index contributed by atoms with van der Waals surface area (Å²) in [7, 11) is 0. The molecule has 0 bridgehead atoms. The Morgan fingerprint density at radius 2 is 2.19 bits per heavy atom. The Kier molecular flexibility index (Phi) is 5.17. The number of carbonyl (C=O) groups excluding carboxylic acids is 1. The van der Waals surface area contributed by atoms with Gasteiger partial charge in [-0.25, -0.2) is 0 Å². The quantitative estimate of drug-likeness (QED) is 0.683. The van der Waals surface area contributed by atoms with Crippen molar-refractivity contribution in [3.63, 3.8) is 0 Å². The summed E-state index contributed by atoms with van der Waals surface area (Å²) in [5.41, 5.74) is 1.93. The number of aromatic nitrogens is 1. The Bertz CT molecular complexity index is 346. The van der Waals surface area contributed by atoms with Gasteiger partial charge in [0.15, 0.2) is 5.78 Å². The number of aryl methyl sites for hydroxylation is 1. The molecule has 1 aromatic heterocycles. The number of ketones is 1. The third kappa shape index (κ3) is 3.44. The van der Waals surface area contributed by atoms with Crippen LogP contribution in [0.25, 0.3) is 0 Å². The third-order valence-electron chi connectivity index (χ3n) is 2.90. The summed E-state index contributed by atoms with van der Waals surface area (Å²) in [6, 6.07) is 1.85. The van der Waals surface area contributed by atoms with E-state index in [0.29, 0.717) is 12.3 Å². The molecule has 1 rings (SSSR count). The van der Waals surface area contributed by atoms with E-state index < -0.39 is 0 Å². The van der Waals surface area contributed by atoms with Crippen LogP contribution in [0.5, 0.6) is 0 Å². The summed E-state index contributed by atoms with van der Waals surface area (Å²) in [5.74, 6) is 0.746. The molecule has 0 saturated carbocycles. The third-order valence-corrected chi connectivity index (χ3v) is 2.90. The van der Waals surface area contributed by atoms with E-state index in [2.05, 4.69) is 25.8 Å². The maximum atomic E-state index is 12.1. The highest BCUT2D eigenvalue weighted by atomic mass is 16.1. The van der Waals surface area contributed by atoms with Crippen molar-refractivity contribution in [2.45, 2.75) is 46.5 Å². The first-order valence-electron chi connectivity index (χ1n) is 6.15. The summed E-state index contributed by atoms with van der Waals surface area (Å²) >= 11 is 0. The minimum atomic E-state index is 0.264. The summed E-state index contributed by atoms with van der Waals surface area (Å²) in [6.45, 7) is 6.36. The summed E-state index contributed by atoms with van der Waals surface area (Å²) in [4.78, 5) is 16.1. The van der Waals surface area contributed by atoms with Gasteiger partial charge < -0.3 is 0 Å². The topological polar surface area (TPSA) is 30.0 Å². The molecule has 0 aromatic carbocycles. The fourth-order valence-corrected chi connectivity index (χ4v) is 2.00. The number of pyridine rings is 1. The second-order valence-corrected chi connectivity index (χ2v) is 4.41. The fourth-order valence-electron chi connectivity index (χ4n) is 2.00. The van der Waals surface area contributed by atoms with E-state index in [1.807, 2.05) is 6.07 Å². The van der Waals surface area contributed by atoms with Gasteiger partial charge >= 0.3 is 0 Å². The lowest BCUT2D eigenvalue weighted by molar-refractivity contribution is 0.0961. The predicted octanol–water partition coefficient (Wildman–Crippen LogP) is 3.65. The average Bonchev–Trinajstić information content (AvgIpc) is 2.29. The molecule has 88 valence electrons. The zero-order valence-electron chi connectivity index (χ0n) is 10.5. The van der Waals surface area contributed by atoms with Gasteiger partial charge in [0.05, 0.1) is 0 Å². The van der Waals surface area contributed by atoms with Gasteiger partial charge in [0.2, 0.25) is 0 Å². The molecule has 0 aliphatic carbocycles. The highest BCUT2D eigenvalue weighted by Gasteiger charge is 2.13. The Morgan fingerprint density at radius 1 is 1.44 bits per heavy atom. The van der Waals surface area contributed by atoms with Crippen molar-refractivity contribution in [2.24, 2.45) is 5.92 Å². The molecule has 0 saturated heterocycles. The molecule has 1 unspecified atom stereocenters. The molecule has 1 heterocycles. The van der Waals surface area contributed by atoms with Crippen molar-refractivity contribution in [3.05, 3.63) is 29.6 Å². The largest absolute Gasteiger partial charge is 0.294 e. The normalized spacial score (nSPS) is 12.4. The van der Waals surface area contributed by atoms with Crippen LogP contribution in [0.2, 0.25) is 0 Å². The van der Waals surface area contributed by atoms with Crippen LogP contribution in [0.3, 0.4) is 0 Å². The molecule has 0 aliphatic rings. The molecule has 1 atom stereocenters. The zero-order valence-corrected chi connectivity index (χ0v) is 10.5. The van der Waals surface area contributed by atoms with E-state index in [9.17, 15) is 4.79 Å². The van der Waals surface area contributed by atoms with Gasteiger partial charge in [0.1, 0.15) is 0 Å². The maximum Gasteiger partial charge on any atom is 0.163 e. The SMILES string of the molecule is CCCC(C)CC(=O)c1ccncc1CC. The van der Waals surface area contributed by atoms with E-state index in [1.54, 1.807) is 12.4 Å². The van der Waals surface area contributed by atoms with Crippen molar-refractivity contribution in [1.82, 2.24) is 4.98 Å². The number of hydrogen-bond acceptors (Lipinski definition) is 2. The van der Waals surface area contributed by atoms with E-state index in [0.717, 1.165) is 30.4 Å². The van der Waals surface area contributed by atoms with Crippen molar-refractivity contribution >= 4 is 5.78 Å². The molecule has 0 fully saturated rings. The van der Waals surface area contributed by atoms with Crippen LogP contribution in [0, 0.1) is 5.92 Å². The highest BCUT2D eigenvalue weighted by Crippen LogP contribution is 2.16. The Hall–Kier alpha value is -1.18.